The van der Waals surface area contributed by atoms with Crippen molar-refractivity contribution < 1.29 is 23.9 Å². The van der Waals surface area contributed by atoms with Gasteiger partial charge in [0.2, 0.25) is 5.12 Å². The minimum Gasteiger partial charge on any atom is -0.493 e. The molecule has 1 amide bonds. The number of carbonyl (C=O) groups excluding carboxylic acids is 3. The van der Waals surface area contributed by atoms with Gasteiger partial charge in [0.05, 0.1) is 6.61 Å². The van der Waals surface area contributed by atoms with Gasteiger partial charge >= 0.3 is 5.97 Å². The molecule has 0 aliphatic carbocycles. The van der Waals surface area contributed by atoms with Gasteiger partial charge in [0.1, 0.15) is 17.9 Å². The summed E-state index contributed by atoms with van der Waals surface area (Å²) in [5.74, 6) is 0.407. The lowest BCUT2D eigenvalue weighted by atomic mass is 10.1. The lowest BCUT2D eigenvalue weighted by Crippen LogP contribution is -2.30. The second-order valence-electron chi connectivity index (χ2n) is 6.69. The highest BCUT2D eigenvalue weighted by molar-refractivity contribution is 8.26. The molecule has 29 heavy (non-hydrogen) atoms. The van der Waals surface area contributed by atoms with Crippen LogP contribution < -0.4 is 10.1 Å². The first-order valence-corrected chi connectivity index (χ1v) is 10.1. The SMILES string of the molecule is CC(=O)OC(C)c1ccc(CCOc2ccc(CC3NC(=O)SC3=O)cc2)nc1. The molecule has 3 rings (SSSR count). The molecule has 0 radical (unpaired) electrons. The summed E-state index contributed by atoms with van der Waals surface area (Å²) in [5, 5.41) is 2.22. The van der Waals surface area contributed by atoms with E-state index in [2.05, 4.69) is 10.3 Å². The molecule has 0 saturated carbocycles. The smallest absolute Gasteiger partial charge is 0.303 e. The number of benzene rings is 1. The molecular formula is C21H22N2O5S. The Bertz CT molecular complexity index is 883. The van der Waals surface area contributed by atoms with Gasteiger partial charge in [0.25, 0.3) is 5.24 Å². The molecule has 2 unspecified atom stereocenters. The third-order valence-electron chi connectivity index (χ3n) is 4.42. The Hall–Kier alpha value is -2.87. The molecule has 1 aromatic carbocycles. The van der Waals surface area contributed by atoms with Crippen molar-refractivity contribution in [2.24, 2.45) is 0 Å². The Labute approximate surface area is 173 Å². The maximum atomic E-state index is 11.7. The second kappa shape index (κ2) is 9.56. The molecule has 152 valence electrons. The number of hydrogen-bond donors (Lipinski definition) is 1. The summed E-state index contributed by atoms with van der Waals surface area (Å²) in [6.07, 6.45) is 2.50. The van der Waals surface area contributed by atoms with Crippen molar-refractivity contribution in [3.05, 3.63) is 59.4 Å². The monoisotopic (exact) mass is 414 g/mol. The molecular weight excluding hydrogens is 392 g/mol. The highest BCUT2D eigenvalue weighted by atomic mass is 32.2. The molecule has 2 heterocycles. The van der Waals surface area contributed by atoms with Crippen LogP contribution in [0.1, 0.15) is 36.8 Å². The number of aromatic nitrogens is 1. The third kappa shape index (κ3) is 6.05. The van der Waals surface area contributed by atoms with Gasteiger partial charge in [0.15, 0.2) is 0 Å². The van der Waals surface area contributed by atoms with E-state index < -0.39 is 6.04 Å². The standard InChI is InChI=1S/C21H22N2O5S/c1-13(28-14(2)24)16-5-6-17(22-12-16)9-10-27-18-7-3-15(4-8-18)11-19-20(25)29-21(26)23-19/h3-8,12-13,19H,9-11H2,1-2H3,(H,23,26). The fourth-order valence-corrected chi connectivity index (χ4v) is 3.57. The van der Waals surface area contributed by atoms with Gasteiger partial charge < -0.3 is 14.8 Å². The van der Waals surface area contributed by atoms with Crippen LogP contribution in [0, 0.1) is 0 Å². The van der Waals surface area contributed by atoms with Crippen LogP contribution in [0.4, 0.5) is 4.79 Å². The number of ether oxygens (including phenoxy) is 2. The first kappa shape index (κ1) is 20.9. The van der Waals surface area contributed by atoms with Crippen molar-refractivity contribution in [3.8, 4) is 5.75 Å². The Kier molecular flexibility index (Phi) is 6.87. The zero-order chi connectivity index (χ0) is 20.8. The Morgan fingerprint density at radius 3 is 2.55 bits per heavy atom. The molecule has 8 heteroatoms. The predicted octanol–water partition coefficient (Wildman–Crippen LogP) is 3.22. The van der Waals surface area contributed by atoms with Crippen LogP contribution in [0.3, 0.4) is 0 Å². The van der Waals surface area contributed by atoms with Gasteiger partial charge in [-0.2, -0.15) is 0 Å². The van der Waals surface area contributed by atoms with E-state index in [1.807, 2.05) is 36.4 Å². The molecule has 1 aliphatic rings. The van der Waals surface area contributed by atoms with E-state index in [0.717, 1.165) is 34.3 Å². The van der Waals surface area contributed by atoms with E-state index in [1.165, 1.54) is 6.92 Å². The number of carbonyl (C=O) groups is 3. The first-order valence-electron chi connectivity index (χ1n) is 9.26. The summed E-state index contributed by atoms with van der Waals surface area (Å²) in [6, 6.07) is 10.8. The van der Waals surface area contributed by atoms with Gasteiger partial charge in [-0.3, -0.25) is 19.4 Å². The fourth-order valence-electron chi connectivity index (χ4n) is 2.90. The largest absolute Gasteiger partial charge is 0.493 e. The topological polar surface area (TPSA) is 94.6 Å². The molecule has 1 aliphatic heterocycles. The number of nitrogens with one attached hydrogen (secondary N) is 1. The predicted molar refractivity (Wildman–Crippen MR) is 109 cm³/mol. The number of pyridine rings is 1. The second-order valence-corrected chi connectivity index (χ2v) is 7.66. The molecule has 1 N–H and O–H groups in total. The van der Waals surface area contributed by atoms with Crippen molar-refractivity contribution in [1.29, 1.82) is 0 Å². The third-order valence-corrected chi connectivity index (χ3v) is 5.21. The summed E-state index contributed by atoms with van der Waals surface area (Å²) < 4.78 is 10.9. The highest BCUT2D eigenvalue weighted by Crippen LogP contribution is 2.20. The number of hydrogen-bond acceptors (Lipinski definition) is 7. The van der Waals surface area contributed by atoms with E-state index in [0.29, 0.717) is 19.4 Å². The summed E-state index contributed by atoms with van der Waals surface area (Å²) in [6.45, 7) is 3.66. The summed E-state index contributed by atoms with van der Waals surface area (Å²) in [7, 11) is 0. The summed E-state index contributed by atoms with van der Waals surface area (Å²) in [5.41, 5.74) is 2.68. The molecule has 1 saturated heterocycles. The van der Waals surface area contributed by atoms with Gasteiger partial charge in [-0.1, -0.05) is 18.2 Å². The van der Waals surface area contributed by atoms with Crippen molar-refractivity contribution in [3.63, 3.8) is 0 Å². The number of esters is 1. The van der Waals surface area contributed by atoms with Crippen LogP contribution in [0.15, 0.2) is 42.6 Å². The quantitative estimate of drug-likeness (QED) is 0.663. The Morgan fingerprint density at radius 1 is 1.21 bits per heavy atom. The average molecular weight is 414 g/mol. The minimum absolute atomic E-state index is 0.143. The zero-order valence-electron chi connectivity index (χ0n) is 16.2. The zero-order valence-corrected chi connectivity index (χ0v) is 17.0. The normalized spacial score (nSPS) is 17.0. The minimum atomic E-state index is -0.461. The van der Waals surface area contributed by atoms with Crippen molar-refractivity contribution in [2.45, 2.75) is 38.8 Å². The van der Waals surface area contributed by atoms with Crippen LogP contribution in [0.5, 0.6) is 5.75 Å². The molecule has 2 aromatic rings. The molecule has 1 fully saturated rings. The van der Waals surface area contributed by atoms with Crippen LogP contribution in [-0.4, -0.2) is 34.0 Å². The van der Waals surface area contributed by atoms with E-state index >= 15 is 0 Å². The van der Waals surface area contributed by atoms with Crippen LogP contribution in [0.25, 0.3) is 0 Å². The van der Waals surface area contributed by atoms with Crippen molar-refractivity contribution in [1.82, 2.24) is 10.3 Å². The molecule has 1 aromatic heterocycles. The van der Waals surface area contributed by atoms with Crippen molar-refractivity contribution >= 4 is 28.1 Å². The van der Waals surface area contributed by atoms with Crippen LogP contribution in [-0.2, 0) is 27.2 Å². The van der Waals surface area contributed by atoms with E-state index in [-0.39, 0.29) is 22.4 Å². The van der Waals surface area contributed by atoms with Gasteiger partial charge in [-0.05, 0) is 30.7 Å². The van der Waals surface area contributed by atoms with Gasteiger partial charge in [-0.15, -0.1) is 0 Å². The lowest BCUT2D eigenvalue weighted by Gasteiger charge is -2.12. The van der Waals surface area contributed by atoms with Crippen LogP contribution >= 0.6 is 11.8 Å². The Morgan fingerprint density at radius 2 is 1.97 bits per heavy atom. The molecule has 0 bridgehead atoms. The average Bonchev–Trinajstić information content (AvgIpc) is 3.00. The number of rotatable bonds is 8. The van der Waals surface area contributed by atoms with Crippen molar-refractivity contribution in [2.75, 3.05) is 6.61 Å². The number of thioether (sulfide) groups is 1. The first-order chi connectivity index (χ1) is 13.9. The summed E-state index contributed by atoms with van der Waals surface area (Å²) >= 11 is 0.723. The summed E-state index contributed by atoms with van der Waals surface area (Å²) in [4.78, 5) is 38.3. The number of nitrogens with zero attached hydrogens (tertiary/aromatic N) is 1. The highest BCUT2D eigenvalue weighted by Gasteiger charge is 2.31. The number of amides is 1. The fraction of sp³-hybridized carbons (Fsp3) is 0.333. The molecule has 2 atom stereocenters. The van der Waals surface area contributed by atoms with E-state index in [4.69, 9.17) is 9.47 Å². The molecule has 0 spiro atoms. The Balaban J connectivity index is 1.45. The maximum Gasteiger partial charge on any atom is 0.303 e. The molecule has 7 nitrogen and oxygen atoms in total. The van der Waals surface area contributed by atoms with E-state index in [1.54, 1.807) is 13.1 Å². The van der Waals surface area contributed by atoms with Gasteiger partial charge in [0, 0.05) is 49.0 Å². The maximum absolute atomic E-state index is 11.7. The van der Waals surface area contributed by atoms with Crippen LogP contribution in [0.2, 0.25) is 0 Å². The lowest BCUT2D eigenvalue weighted by molar-refractivity contribution is -0.145. The van der Waals surface area contributed by atoms with Gasteiger partial charge in [-0.25, -0.2) is 0 Å². The van der Waals surface area contributed by atoms with E-state index in [9.17, 15) is 14.4 Å².